The highest BCUT2D eigenvalue weighted by Gasteiger charge is 2.30. The maximum atomic E-state index is 3.67. The molecule has 2 aromatic rings. The maximum Gasteiger partial charge on any atom is 0.0446 e. The lowest BCUT2D eigenvalue weighted by Gasteiger charge is -2.34. The third-order valence-electron chi connectivity index (χ3n) is 4.49. The summed E-state index contributed by atoms with van der Waals surface area (Å²) in [6, 6.07) is 15.3. The monoisotopic (exact) mass is 268 g/mol. The highest BCUT2D eigenvalue weighted by atomic mass is 15.2. The van der Waals surface area contributed by atoms with Crippen molar-refractivity contribution in [2.45, 2.75) is 32.2 Å². The summed E-state index contributed by atoms with van der Waals surface area (Å²) < 4.78 is 0. The van der Waals surface area contributed by atoms with Gasteiger partial charge in [0.25, 0.3) is 0 Å². The van der Waals surface area contributed by atoms with Crippen molar-refractivity contribution in [2.75, 3.05) is 24.5 Å². The molecule has 0 aliphatic carbocycles. The Morgan fingerprint density at radius 3 is 2.70 bits per heavy atom. The lowest BCUT2D eigenvalue weighted by atomic mass is 9.98. The first-order chi connectivity index (χ1) is 9.72. The van der Waals surface area contributed by atoms with Gasteiger partial charge in [-0.05, 0) is 44.7 Å². The second-order valence-corrected chi connectivity index (χ2v) is 6.10. The molecule has 0 radical (unpaired) electrons. The number of hydrogen-bond donors (Lipinski definition) is 1. The Balaban J connectivity index is 1.95. The summed E-state index contributed by atoms with van der Waals surface area (Å²) in [5.74, 6) is 0. The molecule has 1 aliphatic rings. The Labute approximate surface area is 121 Å². The predicted molar refractivity (Wildman–Crippen MR) is 87.5 cm³/mol. The Hall–Kier alpha value is -1.54. The molecule has 3 rings (SSSR count). The molecule has 2 aromatic carbocycles. The van der Waals surface area contributed by atoms with Crippen LogP contribution in [0, 0.1) is 0 Å². The molecular formula is C18H24N2. The molecule has 1 atom stereocenters. The van der Waals surface area contributed by atoms with Gasteiger partial charge in [-0.2, -0.15) is 0 Å². The molecule has 0 amide bonds. The van der Waals surface area contributed by atoms with E-state index in [0.29, 0.717) is 0 Å². The Morgan fingerprint density at radius 1 is 1.15 bits per heavy atom. The summed E-state index contributed by atoms with van der Waals surface area (Å²) in [6.07, 6.45) is 2.57. The fourth-order valence-electron chi connectivity index (χ4n) is 3.36. The van der Waals surface area contributed by atoms with Crippen molar-refractivity contribution in [1.82, 2.24) is 5.32 Å². The molecule has 0 saturated carbocycles. The van der Waals surface area contributed by atoms with E-state index in [1.165, 1.54) is 29.3 Å². The van der Waals surface area contributed by atoms with Gasteiger partial charge in [-0.15, -0.1) is 0 Å². The molecule has 2 heteroatoms. The molecule has 20 heavy (non-hydrogen) atoms. The van der Waals surface area contributed by atoms with Crippen molar-refractivity contribution in [3.05, 3.63) is 42.5 Å². The first kappa shape index (κ1) is 13.4. The molecule has 1 heterocycles. The van der Waals surface area contributed by atoms with Crippen molar-refractivity contribution in [3.63, 3.8) is 0 Å². The number of nitrogens with one attached hydrogen (secondary N) is 1. The number of likely N-dealkylation sites (N-methyl/N-ethyl adjacent to an activating group) is 1. The van der Waals surface area contributed by atoms with Crippen molar-refractivity contribution < 1.29 is 0 Å². The molecule has 0 spiro atoms. The van der Waals surface area contributed by atoms with Gasteiger partial charge in [0.05, 0.1) is 0 Å². The van der Waals surface area contributed by atoms with E-state index < -0.39 is 0 Å². The first-order valence-corrected chi connectivity index (χ1v) is 7.70. The van der Waals surface area contributed by atoms with Gasteiger partial charge in [0.15, 0.2) is 0 Å². The quantitative estimate of drug-likeness (QED) is 0.907. The maximum absolute atomic E-state index is 3.67. The summed E-state index contributed by atoms with van der Waals surface area (Å²) in [4.78, 5) is 2.51. The zero-order valence-corrected chi connectivity index (χ0v) is 12.5. The van der Waals surface area contributed by atoms with Gasteiger partial charge in [-0.3, -0.25) is 0 Å². The van der Waals surface area contributed by atoms with Gasteiger partial charge < -0.3 is 10.2 Å². The van der Waals surface area contributed by atoms with Crippen molar-refractivity contribution >= 4 is 16.5 Å². The lowest BCUT2D eigenvalue weighted by molar-refractivity contribution is 0.414. The van der Waals surface area contributed by atoms with E-state index in [2.05, 4.69) is 66.5 Å². The Bertz CT molecular complexity index is 579. The standard InChI is InChI=1S/C18H24N2/c1-3-20(14-18(2)12-7-13-19-18)17-11-6-9-15-8-4-5-10-16(15)17/h4-6,8-11,19H,3,7,12-14H2,1-2H3. The van der Waals surface area contributed by atoms with Gasteiger partial charge in [-0.25, -0.2) is 0 Å². The number of benzene rings is 2. The third kappa shape index (κ3) is 2.53. The van der Waals surface area contributed by atoms with Crippen LogP contribution in [-0.2, 0) is 0 Å². The van der Waals surface area contributed by atoms with Crippen LogP contribution in [0.4, 0.5) is 5.69 Å². The minimum Gasteiger partial charge on any atom is -0.369 e. The van der Waals surface area contributed by atoms with Gasteiger partial charge in [0.2, 0.25) is 0 Å². The number of hydrogen-bond acceptors (Lipinski definition) is 2. The fourth-order valence-corrected chi connectivity index (χ4v) is 3.36. The van der Waals surface area contributed by atoms with Crippen molar-refractivity contribution in [2.24, 2.45) is 0 Å². The van der Waals surface area contributed by atoms with Crippen LogP contribution in [0.5, 0.6) is 0 Å². The molecule has 0 aromatic heterocycles. The highest BCUT2D eigenvalue weighted by Crippen LogP contribution is 2.29. The van der Waals surface area contributed by atoms with Gasteiger partial charge in [0.1, 0.15) is 0 Å². The Morgan fingerprint density at radius 2 is 1.95 bits per heavy atom. The topological polar surface area (TPSA) is 15.3 Å². The van der Waals surface area contributed by atoms with Crippen LogP contribution in [-0.4, -0.2) is 25.2 Å². The fraction of sp³-hybridized carbons (Fsp3) is 0.444. The van der Waals surface area contributed by atoms with Gasteiger partial charge >= 0.3 is 0 Å². The normalized spacial score (nSPS) is 22.3. The van der Waals surface area contributed by atoms with Crippen LogP contribution >= 0.6 is 0 Å². The first-order valence-electron chi connectivity index (χ1n) is 7.70. The van der Waals surface area contributed by atoms with Crippen LogP contribution in [0.3, 0.4) is 0 Å². The van der Waals surface area contributed by atoms with E-state index in [9.17, 15) is 0 Å². The predicted octanol–water partition coefficient (Wildman–Crippen LogP) is 3.81. The molecule has 1 N–H and O–H groups in total. The minimum atomic E-state index is 0.257. The molecule has 1 unspecified atom stereocenters. The van der Waals surface area contributed by atoms with Crippen LogP contribution in [0.2, 0.25) is 0 Å². The largest absolute Gasteiger partial charge is 0.369 e. The van der Waals surface area contributed by atoms with Crippen molar-refractivity contribution in [3.8, 4) is 0 Å². The Kier molecular flexibility index (Phi) is 3.66. The number of rotatable bonds is 4. The summed E-state index contributed by atoms with van der Waals surface area (Å²) in [6.45, 7) is 7.89. The van der Waals surface area contributed by atoms with Crippen LogP contribution < -0.4 is 10.2 Å². The second kappa shape index (κ2) is 5.45. The lowest BCUT2D eigenvalue weighted by Crippen LogP contribution is -2.47. The van der Waals surface area contributed by atoms with E-state index in [4.69, 9.17) is 0 Å². The summed E-state index contributed by atoms with van der Waals surface area (Å²) in [7, 11) is 0. The summed E-state index contributed by atoms with van der Waals surface area (Å²) in [5.41, 5.74) is 1.62. The van der Waals surface area contributed by atoms with E-state index in [1.807, 2.05) is 0 Å². The van der Waals surface area contributed by atoms with E-state index >= 15 is 0 Å². The van der Waals surface area contributed by atoms with E-state index in [-0.39, 0.29) is 5.54 Å². The zero-order chi connectivity index (χ0) is 14.0. The number of nitrogens with zero attached hydrogens (tertiary/aromatic N) is 1. The van der Waals surface area contributed by atoms with Gasteiger partial charge in [-0.1, -0.05) is 36.4 Å². The number of fused-ring (bicyclic) bond motifs is 1. The van der Waals surface area contributed by atoms with Crippen LogP contribution in [0.1, 0.15) is 26.7 Å². The minimum absolute atomic E-state index is 0.257. The third-order valence-corrected chi connectivity index (χ3v) is 4.49. The summed E-state index contributed by atoms with van der Waals surface area (Å²) in [5, 5.41) is 6.36. The average molecular weight is 268 g/mol. The molecular weight excluding hydrogens is 244 g/mol. The van der Waals surface area contributed by atoms with Crippen LogP contribution in [0.25, 0.3) is 10.8 Å². The van der Waals surface area contributed by atoms with Gasteiger partial charge in [0, 0.05) is 29.7 Å². The average Bonchev–Trinajstić information content (AvgIpc) is 2.91. The van der Waals surface area contributed by atoms with E-state index in [1.54, 1.807) is 0 Å². The van der Waals surface area contributed by atoms with Crippen molar-refractivity contribution in [1.29, 1.82) is 0 Å². The van der Waals surface area contributed by atoms with E-state index in [0.717, 1.165) is 19.6 Å². The SMILES string of the molecule is CCN(CC1(C)CCCN1)c1cccc2ccccc12. The zero-order valence-electron chi connectivity index (χ0n) is 12.5. The summed E-state index contributed by atoms with van der Waals surface area (Å²) >= 11 is 0. The number of anilines is 1. The molecule has 1 fully saturated rings. The molecule has 0 bridgehead atoms. The highest BCUT2D eigenvalue weighted by molar-refractivity contribution is 5.94. The molecule has 2 nitrogen and oxygen atoms in total. The smallest absolute Gasteiger partial charge is 0.0446 e. The molecule has 1 aliphatic heterocycles. The molecule has 106 valence electrons. The van der Waals surface area contributed by atoms with Crippen LogP contribution in [0.15, 0.2) is 42.5 Å². The molecule has 1 saturated heterocycles. The second-order valence-electron chi connectivity index (χ2n) is 6.10.